The van der Waals surface area contributed by atoms with Crippen LogP contribution < -0.4 is 27.3 Å². The minimum atomic E-state index is -1.25. The first kappa shape index (κ1) is 39.3. The Morgan fingerprint density at radius 1 is 1.19 bits per heavy atom. The molecule has 1 aromatic rings. The lowest BCUT2D eigenvalue weighted by Crippen LogP contribution is -2.55. The van der Waals surface area contributed by atoms with Gasteiger partial charge in [-0.3, -0.25) is 24.4 Å². The molecule has 15 nitrogen and oxygen atoms in total. The quantitative estimate of drug-likeness (QED) is 0.0454. The summed E-state index contributed by atoms with van der Waals surface area (Å²) in [6.07, 6.45) is 3.21. The highest BCUT2D eigenvalue weighted by atomic mass is 35.5. The molecule has 270 valence electrons. The topological polar surface area (TPSA) is 227 Å². The van der Waals surface area contributed by atoms with E-state index in [9.17, 15) is 20.1 Å². The van der Waals surface area contributed by atoms with E-state index in [4.69, 9.17) is 43.2 Å². The molecule has 2 aliphatic rings. The van der Waals surface area contributed by atoms with Gasteiger partial charge in [0.05, 0.1) is 18.9 Å². The molecule has 48 heavy (non-hydrogen) atoms. The second kappa shape index (κ2) is 20.4. The number of amidine groups is 1. The monoisotopic (exact) mass is 696 g/mol. The molecule has 0 bridgehead atoms. The van der Waals surface area contributed by atoms with Gasteiger partial charge in [-0.1, -0.05) is 38.3 Å². The van der Waals surface area contributed by atoms with Gasteiger partial charge in [0.1, 0.15) is 42.3 Å². The molecular weight excluding hydrogens is 644 g/mol. The summed E-state index contributed by atoms with van der Waals surface area (Å²) in [7, 11) is 0. The molecule has 0 aliphatic carbocycles. The number of rotatable bonds is 19. The van der Waals surface area contributed by atoms with Crippen molar-refractivity contribution in [2.45, 2.75) is 95.5 Å². The van der Waals surface area contributed by atoms with Crippen LogP contribution in [0, 0.1) is 0 Å². The van der Waals surface area contributed by atoms with Gasteiger partial charge in [-0.2, -0.15) is 0 Å². The number of aryl methyl sites for hydroxylation is 1. The molecule has 1 saturated heterocycles. The number of ether oxygens (including phenoxy) is 3. The van der Waals surface area contributed by atoms with Crippen molar-refractivity contribution in [1.29, 1.82) is 0 Å². The second-order valence-electron chi connectivity index (χ2n) is 12.0. The Labute approximate surface area is 287 Å². The van der Waals surface area contributed by atoms with Gasteiger partial charge in [-0.05, 0) is 56.8 Å². The summed E-state index contributed by atoms with van der Waals surface area (Å²) in [6.45, 7) is 6.28. The summed E-state index contributed by atoms with van der Waals surface area (Å²) >= 11 is 6.02. The van der Waals surface area contributed by atoms with Gasteiger partial charge >= 0.3 is 0 Å². The van der Waals surface area contributed by atoms with Crippen LogP contribution in [0.3, 0.4) is 0 Å². The number of carbonyl (C=O) groups is 1. The Kier molecular flexibility index (Phi) is 16.7. The number of hydrogen-bond acceptors (Lipinski definition) is 13. The molecule has 10 N–H and O–H groups in total. The van der Waals surface area contributed by atoms with E-state index in [1.54, 1.807) is 6.92 Å². The van der Waals surface area contributed by atoms with E-state index in [2.05, 4.69) is 27.1 Å². The highest BCUT2D eigenvalue weighted by molar-refractivity contribution is 6.21. The molecule has 0 aromatic heterocycles. The molecule has 1 aromatic carbocycles. The molecule has 1 amide bonds. The predicted octanol–water partition coefficient (Wildman–Crippen LogP) is 0.498. The van der Waals surface area contributed by atoms with Crippen molar-refractivity contribution in [2.24, 2.45) is 27.2 Å². The Morgan fingerprint density at radius 2 is 1.94 bits per heavy atom. The first-order valence-electron chi connectivity index (χ1n) is 16.6. The third-order valence-corrected chi connectivity index (χ3v) is 8.32. The van der Waals surface area contributed by atoms with Crippen LogP contribution in [-0.2, 0) is 20.7 Å². The molecule has 16 heteroatoms. The van der Waals surface area contributed by atoms with Crippen molar-refractivity contribution in [1.82, 2.24) is 14.6 Å². The Bertz CT molecular complexity index is 1220. The van der Waals surface area contributed by atoms with E-state index in [1.807, 2.05) is 24.3 Å². The van der Waals surface area contributed by atoms with Crippen LogP contribution in [0.25, 0.3) is 0 Å². The minimum absolute atomic E-state index is 0.0334. The summed E-state index contributed by atoms with van der Waals surface area (Å²) in [5.41, 5.74) is 18.4. The average molecular weight is 697 g/mol. The van der Waals surface area contributed by atoms with Crippen molar-refractivity contribution in [2.75, 3.05) is 39.4 Å². The van der Waals surface area contributed by atoms with Crippen LogP contribution in [0.1, 0.15) is 57.9 Å². The van der Waals surface area contributed by atoms with Gasteiger partial charge < -0.3 is 46.7 Å². The number of guanidine groups is 1. The van der Waals surface area contributed by atoms with Gasteiger partial charge in [0.25, 0.3) is 5.91 Å². The number of halogens is 1. The largest absolute Gasteiger partial charge is 0.492 e. The van der Waals surface area contributed by atoms with Crippen molar-refractivity contribution < 1.29 is 34.3 Å². The predicted molar refractivity (Wildman–Crippen MR) is 184 cm³/mol. The number of aliphatic hydroxyl groups is 3. The molecule has 0 spiro atoms. The van der Waals surface area contributed by atoms with Crippen molar-refractivity contribution in [3.63, 3.8) is 0 Å². The van der Waals surface area contributed by atoms with Gasteiger partial charge in [0, 0.05) is 31.4 Å². The second-order valence-corrected chi connectivity index (χ2v) is 12.4. The van der Waals surface area contributed by atoms with Gasteiger partial charge in [0.2, 0.25) is 0 Å². The SMILES string of the molecule is CCCCCCN(CCOc1ccc(CCCCN=C(N)NC(=O)C2C(N)=NC(N)=CN2Cl)cc1)CC(O)C(O)[C@@H]1OC(C)OC[C@H]1O. The number of aliphatic imine (C=N–C) groups is 2. The fourth-order valence-electron chi connectivity index (χ4n) is 5.37. The first-order chi connectivity index (χ1) is 23.0. The van der Waals surface area contributed by atoms with E-state index in [0.717, 1.165) is 67.2 Å². The van der Waals surface area contributed by atoms with Gasteiger partial charge in [0.15, 0.2) is 18.3 Å². The van der Waals surface area contributed by atoms with Gasteiger partial charge in [-0.25, -0.2) is 4.99 Å². The summed E-state index contributed by atoms with van der Waals surface area (Å²) in [6, 6.07) is 6.86. The molecule has 2 heterocycles. The number of amides is 1. The van der Waals surface area contributed by atoms with E-state index >= 15 is 0 Å². The minimum Gasteiger partial charge on any atom is -0.492 e. The molecular formula is C32H53ClN8O7. The number of carbonyl (C=O) groups excluding carboxylic acids is 1. The normalized spacial score (nSPS) is 23.0. The molecule has 0 saturated carbocycles. The first-order valence-corrected chi connectivity index (χ1v) is 16.9. The third kappa shape index (κ3) is 13.0. The maximum atomic E-state index is 12.5. The highest BCUT2D eigenvalue weighted by Crippen LogP contribution is 2.19. The zero-order valence-corrected chi connectivity index (χ0v) is 28.7. The third-order valence-electron chi connectivity index (χ3n) is 8.03. The number of nitrogens with one attached hydrogen (secondary N) is 1. The number of unbranched alkanes of at least 4 members (excludes halogenated alkanes) is 4. The van der Waals surface area contributed by atoms with E-state index in [-0.39, 0.29) is 30.8 Å². The number of benzene rings is 1. The summed E-state index contributed by atoms with van der Waals surface area (Å²) in [4.78, 5) is 22.6. The maximum absolute atomic E-state index is 12.5. The van der Waals surface area contributed by atoms with Crippen LogP contribution in [-0.4, -0.2) is 118 Å². The van der Waals surface area contributed by atoms with Gasteiger partial charge in [-0.15, -0.1) is 0 Å². The summed E-state index contributed by atoms with van der Waals surface area (Å²) < 4.78 is 17.8. The Balaban J connectivity index is 1.38. The summed E-state index contributed by atoms with van der Waals surface area (Å²) in [5, 5.41) is 34.3. The number of hydrogen-bond donors (Lipinski definition) is 7. The number of nitrogens with zero attached hydrogens (tertiary/aromatic N) is 4. The fourth-order valence-corrected chi connectivity index (χ4v) is 5.66. The van der Waals surface area contributed by atoms with E-state index in [1.165, 1.54) is 6.20 Å². The molecule has 2 aliphatic heterocycles. The lowest BCUT2D eigenvalue weighted by atomic mass is 10.0. The smallest absolute Gasteiger partial charge is 0.258 e. The fraction of sp³-hybridized carbons (Fsp3) is 0.656. The van der Waals surface area contributed by atoms with E-state index < -0.39 is 42.7 Å². The maximum Gasteiger partial charge on any atom is 0.258 e. The molecule has 3 rings (SSSR count). The van der Waals surface area contributed by atoms with Crippen LogP contribution in [0.4, 0.5) is 0 Å². The van der Waals surface area contributed by atoms with Crippen molar-refractivity contribution in [3.05, 3.63) is 41.8 Å². The zero-order valence-electron chi connectivity index (χ0n) is 27.9. The van der Waals surface area contributed by atoms with Crippen molar-refractivity contribution >= 4 is 29.5 Å². The molecule has 0 radical (unpaired) electrons. The number of nitrogens with two attached hydrogens (primary N) is 3. The van der Waals surface area contributed by atoms with Crippen LogP contribution in [0.2, 0.25) is 0 Å². The Morgan fingerprint density at radius 3 is 2.65 bits per heavy atom. The molecule has 6 atom stereocenters. The van der Waals surface area contributed by atoms with Crippen LogP contribution in [0.15, 0.2) is 46.3 Å². The van der Waals surface area contributed by atoms with E-state index in [0.29, 0.717) is 19.7 Å². The lowest BCUT2D eigenvalue weighted by Gasteiger charge is -2.37. The lowest BCUT2D eigenvalue weighted by molar-refractivity contribution is -0.272. The Hall–Kier alpha value is -3.18. The molecule has 4 unspecified atom stereocenters. The standard InChI is InChI=1S/C32H53ClN8O7/c1-3-4-5-8-15-40(18-24(42)28(44)29-25(43)20-47-21(2)48-29)16-17-46-23-12-10-22(11-13-23)9-6-7-14-37-32(36)39-31(45)27-30(35)38-26(34)19-41(27)33/h10-13,19,21,24-25,27-29,42-44H,3-9,14-18,20,34H2,1-2H3,(H2,35,38)(H3,36,37,39,45)/t21?,24?,25-,27?,28?,29-/m1/s1. The molecule has 1 fully saturated rings. The van der Waals surface area contributed by atoms with Crippen LogP contribution >= 0.6 is 11.8 Å². The zero-order chi connectivity index (χ0) is 35.1. The average Bonchev–Trinajstić information content (AvgIpc) is 3.03. The summed E-state index contributed by atoms with van der Waals surface area (Å²) in [5.74, 6) is 0.190. The number of aliphatic hydroxyl groups excluding tert-OH is 3. The van der Waals surface area contributed by atoms with Crippen molar-refractivity contribution in [3.8, 4) is 5.75 Å². The van der Waals surface area contributed by atoms with Crippen LogP contribution in [0.5, 0.6) is 5.75 Å². The highest BCUT2D eigenvalue weighted by Gasteiger charge is 2.38.